The van der Waals surface area contributed by atoms with Gasteiger partial charge < -0.3 is 30.3 Å². The molecule has 1 aliphatic heterocycles. The standard InChI is InChI=1S/C37H52O7/c1-20(2)21(3)32-33(44-32)34(4,42)29-12-16-37(43)26-18-27(39)30-24-9-6-13-35(30,19-28(40)31(24)41)25(26)11-15-36(29,37)14-10-22-7-5-8-23(38)17-22/h5,7-8,17-18,20-21,24-25,28-33,38,40-43H,6,9-16,19H2,1-4H3. The molecule has 0 spiro atoms. The lowest BCUT2D eigenvalue weighted by atomic mass is 9.40. The monoisotopic (exact) mass is 608 g/mol. The summed E-state index contributed by atoms with van der Waals surface area (Å²) in [4.78, 5) is 14.1. The fourth-order valence-electron chi connectivity index (χ4n) is 11.7. The summed E-state index contributed by atoms with van der Waals surface area (Å²) in [5.74, 6) is 0.0927. The highest BCUT2D eigenvalue weighted by Crippen LogP contribution is 2.72. The molecule has 7 rings (SSSR count). The average Bonchev–Trinajstić information content (AvgIpc) is 3.72. The van der Waals surface area contributed by atoms with Crippen LogP contribution >= 0.6 is 0 Å². The quantitative estimate of drug-likeness (QED) is 0.284. The van der Waals surface area contributed by atoms with Crippen molar-refractivity contribution in [3.63, 3.8) is 0 Å². The Kier molecular flexibility index (Phi) is 7.27. The van der Waals surface area contributed by atoms with Crippen LogP contribution < -0.4 is 0 Å². The fraction of sp³-hybridized carbons (Fsp3) is 0.757. The molecule has 1 aromatic carbocycles. The molecule has 44 heavy (non-hydrogen) atoms. The molecule has 1 saturated heterocycles. The lowest BCUT2D eigenvalue weighted by Gasteiger charge is -2.65. The number of allylic oxidation sites excluding steroid dienone is 1. The van der Waals surface area contributed by atoms with Crippen LogP contribution in [0.2, 0.25) is 0 Å². The molecule has 4 saturated carbocycles. The zero-order valence-corrected chi connectivity index (χ0v) is 26.8. The molecule has 0 amide bonds. The number of phenolic OH excluding ortho intramolecular Hbond substituents is 1. The normalized spacial score (nSPS) is 46.4. The summed E-state index contributed by atoms with van der Waals surface area (Å²) >= 11 is 0. The van der Waals surface area contributed by atoms with Crippen LogP contribution in [0.25, 0.3) is 0 Å². The number of hydrogen-bond acceptors (Lipinski definition) is 7. The van der Waals surface area contributed by atoms with Gasteiger partial charge in [-0.2, -0.15) is 0 Å². The SMILES string of the molecule is CC(C)C(C)C1OC1C(C)(O)C1CCC2(O)C3=CC(=O)C4C5CCCC4(CC(O)C5O)C3CCC12CCc1cccc(O)c1. The van der Waals surface area contributed by atoms with Crippen LogP contribution in [0.1, 0.15) is 91.0 Å². The number of ketones is 1. The van der Waals surface area contributed by atoms with E-state index in [1.807, 2.05) is 19.1 Å². The fourth-order valence-corrected chi connectivity index (χ4v) is 11.7. The molecule has 5 fully saturated rings. The number of benzene rings is 1. The number of hydrogen-bond donors (Lipinski definition) is 5. The number of fused-ring (bicyclic) bond motifs is 3. The maximum Gasteiger partial charge on any atom is 0.159 e. The molecule has 7 heteroatoms. The van der Waals surface area contributed by atoms with Gasteiger partial charge in [-0.3, -0.25) is 4.79 Å². The third kappa shape index (κ3) is 4.21. The van der Waals surface area contributed by atoms with Gasteiger partial charge in [0, 0.05) is 11.3 Å². The van der Waals surface area contributed by atoms with Crippen molar-refractivity contribution in [2.75, 3.05) is 0 Å². The number of aliphatic hydroxyl groups excluding tert-OH is 2. The summed E-state index contributed by atoms with van der Waals surface area (Å²) in [5.41, 5.74) is -1.79. The van der Waals surface area contributed by atoms with Crippen molar-refractivity contribution in [2.24, 2.45) is 46.3 Å². The molecule has 0 aromatic heterocycles. The van der Waals surface area contributed by atoms with Crippen molar-refractivity contribution >= 4 is 5.78 Å². The largest absolute Gasteiger partial charge is 0.508 e. The Labute approximate surface area is 261 Å². The molecule has 5 N–H and O–H groups in total. The van der Waals surface area contributed by atoms with E-state index in [1.54, 1.807) is 18.2 Å². The van der Waals surface area contributed by atoms with Crippen LogP contribution in [0.15, 0.2) is 35.9 Å². The van der Waals surface area contributed by atoms with E-state index in [1.165, 1.54) is 0 Å². The number of aromatic hydroxyl groups is 1. The van der Waals surface area contributed by atoms with Gasteiger partial charge in [0.15, 0.2) is 5.78 Å². The van der Waals surface area contributed by atoms with Gasteiger partial charge in [-0.25, -0.2) is 0 Å². The van der Waals surface area contributed by atoms with Gasteiger partial charge in [-0.1, -0.05) is 39.3 Å². The molecule has 1 aromatic rings. The molecule has 242 valence electrons. The summed E-state index contributed by atoms with van der Waals surface area (Å²) in [6.07, 6.45) is 6.36. The van der Waals surface area contributed by atoms with E-state index in [4.69, 9.17) is 4.74 Å². The van der Waals surface area contributed by atoms with Crippen molar-refractivity contribution in [2.45, 2.75) is 128 Å². The predicted octanol–water partition coefficient (Wildman–Crippen LogP) is 4.71. The van der Waals surface area contributed by atoms with Crippen LogP contribution in [0, 0.1) is 46.3 Å². The third-order valence-electron chi connectivity index (χ3n) is 14.1. The lowest BCUT2D eigenvalue weighted by molar-refractivity contribution is -0.194. The highest BCUT2D eigenvalue weighted by atomic mass is 16.6. The van der Waals surface area contributed by atoms with Gasteiger partial charge in [-0.05, 0) is 129 Å². The Balaban J connectivity index is 1.30. The van der Waals surface area contributed by atoms with E-state index in [0.29, 0.717) is 50.4 Å². The van der Waals surface area contributed by atoms with Crippen LogP contribution in [-0.2, 0) is 16.0 Å². The molecule has 7 nitrogen and oxygen atoms in total. The van der Waals surface area contributed by atoms with Crippen LogP contribution in [0.3, 0.4) is 0 Å². The number of phenols is 1. The van der Waals surface area contributed by atoms with E-state index < -0.39 is 34.2 Å². The summed E-state index contributed by atoms with van der Waals surface area (Å²) in [5, 5.41) is 57.8. The Morgan fingerprint density at radius 2 is 1.86 bits per heavy atom. The second-order valence-corrected chi connectivity index (χ2v) is 16.3. The van der Waals surface area contributed by atoms with E-state index in [-0.39, 0.29) is 47.4 Å². The smallest absolute Gasteiger partial charge is 0.159 e. The number of aliphatic hydroxyl groups is 4. The average molecular weight is 609 g/mol. The van der Waals surface area contributed by atoms with Crippen molar-refractivity contribution in [3.8, 4) is 5.75 Å². The van der Waals surface area contributed by atoms with Crippen LogP contribution in [0.4, 0.5) is 0 Å². The first kappa shape index (κ1) is 30.9. The van der Waals surface area contributed by atoms with Crippen molar-refractivity contribution in [1.82, 2.24) is 0 Å². The third-order valence-corrected chi connectivity index (χ3v) is 14.1. The second-order valence-electron chi connectivity index (χ2n) is 16.3. The number of carbonyl (C=O) groups is 1. The highest BCUT2D eigenvalue weighted by Gasteiger charge is 2.73. The maximum absolute atomic E-state index is 14.1. The van der Waals surface area contributed by atoms with Crippen LogP contribution in [0.5, 0.6) is 5.75 Å². The number of epoxide rings is 1. The molecular weight excluding hydrogens is 556 g/mol. The van der Waals surface area contributed by atoms with Gasteiger partial charge >= 0.3 is 0 Å². The number of rotatable bonds is 7. The summed E-state index contributed by atoms with van der Waals surface area (Å²) in [6, 6.07) is 7.27. The molecule has 13 atom stereocenters. The molecule has 1 heterocycles. The minimum atomic E-state index is -1.28. The zero-order valence-electron chi connectivity index (χ0n) is 26.8. The highest BCUT2D eigenvalue weighted by molar-refractivity contribution is 5.95. The predicted molar refractivity (Wildman–Crippen MR) is 166 cm³/mol. The summed E-state index contributed by atoms with van der Waals surface area (Å²) < 4.78 is 6.24. The Hall–Kier alpha value is -1.77. The first-order valence-electron chi connectivity index (χ1n) is 17.3. The van der Waals surface area contributed by atoms with Gasteiger partial charge in [0.1, 0.15) is 11.9 Å². The molecule has 13 unspecified atom stereocenters. The number of carbonyl (C=O) groups excluding carboxylic acids is 1. The maximum atomic E-state index is 14.1. The molecular formula is C37H52O7. The van der Waals surface area contributed by atoms with Gasteiger partial charge in [0.2, 0.25) is 0 Å². The summed E-state index contributed by atoms with van der Waals surface area (Å²) in [6.45, 7) is 8.45. The van der Waals surface area contributed by atoms with Crippen molar-refractivity contribution in [1.29, 1.82) is 0 Å². The first-order valence-corrected chi connectivity index (χ1v) is 17.3. The van der Waals surface area contributed by atoms with E-state index in [2.05, 4.69) is 20.8 Å². The van der Waals surface area contributed by atoms with Gasteiger partial charge in [-0.15, -0.1) is 0 Å². The topological polar surface area (TPSA) is 131 Å². The van der Waals surface area contributed by atoms with E-state index >= 15 is 0 Å². The molecule has 0 radical (unpaired) electrons. The summed E-state index contributed by atoms with van der Waals surface area (Å²) in [7, 11) is 0. The van der Waals surface area contributed by atoms with Crippen molar-refractivity contribution < 1.29 is 35.1 Å². The van der Waals surface area contributed by atoms with Crippen LogP contribution in [-0.4, -0.2) is 66.9 Å². The molecule has 6 aliphatic rings. The van der Waals surface area contributed by atoms with E-state index in [9.17, 15) is 30.3 Å². The second kappa shape index (κ2) is 10.4. The minimum Gasteiger partial charge on any atom is -0.508 e. The zero-order chi connectivity index (χ0) is 31.4. The Morgan fingerprint density at radius 1 is 1.09 bits per heavy atom. The van der Waals surface area contributed by atoms with E-state index in [0.717, 1.165) is 36.8 Å². The minimum absolute atomic E-state index is 0.00401. The molecule has 5 aliphatic carbocycles. The van der Waals surface area contributed by atoms with Gasteiger partial charge in [0.25, 0.3) is 0 Å². The number of ether oxygens (including phenoxy) is 1. The lowest BCUT2D eigenvalue weighted by Crippen LogP contribution is -2.66. The van der Waals surface area contributed by atoms with Gasteiger partial charge in [0.05, 0.1) is 29.5 Å². The Morgan fingerprint density at radius 3 is 2.59 bits per heavy atom. The number of aryl methyl sites for hydroxylation is 1. The van der Waals surface area contributed by atoms with Crippen molar-refractivity contribution in [3.05, 3.63) is 41.5 Å². The first-order chi connectivity index (χ1) is 20.8. The Bertz CT molecular complexity index is 1340. The molecule has 2 bridgehead atoms.